The summed E-state index contributed by atoms with van der Waals surface area (Å²) >= 11 is 0. The second-order valence-electron chi connectivity index (χ2n) is 10.7. The minimum absolute atomic E-state index is 0.0632. The third-order valence-corrected chi connectivity index (χ3v) is 7.79. The number of imide groups is 1. The Labute approximate surface area is 273 Å². The van der Waals surface area contributed by atoms with E-state index in [1.165, 1.54) is 0 Å². The first-order valence-corrected chi connectivity index (χ1v) is 14.8. The molecule has 0 unspecified atom stereocenters. The van der Waals surface area contributed by atoms with E-state index < -0.39 is 24.0 Å². The highest BCUT2D eigenvalue weighted by atomic mass is 16.6. The second kappa shape index (κ2) is 12.5. The van der Waals surface area contributed by atoms with E-state index in [9.17, 15) is 24.4 Å². The molecule has 6 aromatic rings. The Bertz CT molecular complexity index is 2080. The van der Waals surface area contributed by atoms with Gasteiger partial charge in [-0.1, -0.05) is 97.1 Å². The van der Waals surface area contributed by atoms with Crippen molar-refractivity contribution >= 4 is 46.1 Å². The monoisotopic (exact) mass is 635 g/mol. The van der Waals surface area contributed by atoms with E-state index in [4.69, 9.17) is 9.47 Å². The molecule has 4 amide bonds. The van der Waals surface area contributed by atoms with Gasteiger partial charge in [-0.3, -0.25) is 25.4 Å². The number of hydrogen-bond donors (Lipinski definition) is 3. The van der Waals surface area contributed by atoms with Crippen LogP contribution in [0.2, 0.25) is 0 Å². The van der Waals surface area contributed by atoms with Crippen LogP contribution in [0.25, 0.3) is 33.0 Å². The number of anilines is 2. The van der Waals surface area contributed by atoms with Crippen molar-refractivity contribution in [2.24, 2.45) is 0 Å². The number of ether oxygens (including phenoxy) is 2. The van der Waals surface area contributed by atoms with Gasteiger partial charge in [-0.2, -0.15) is 0 Å². The topological polar surface area (TPSA) is 134 Å². The largest absolute Gasteiger partial charge is 0.417 e. The maximum atomic E-state index is 13.7. The minimum atomic E-state index is -0.958. The second-order valence-corrected chi connectivity index (χ2v) is 10.7. The predicted molar refractivity (Wildman–Crippen MR) is 179 cm³/mol. The molecule has 234 valence electrons. The van der Waals surface area contributed by atoms with Gasteiger partial charge in [0.1, 0.15) is 11.5 Å². The predicted octanol–water partition coefficient (Wildman–Crippen LogP) is 8.38. The van der Waals surface area contributed by atoms with Crippen LogP contribution in [0, 0.1) is 0 Å². The zero-order chi connectivity index (χ0) is 33.2. The number of hydrogen-bond acceptors (Lipinski definition) is 7. The Morgan fingerprint density at radius 3 is 1.25 bits per heavy atom. The first kappa shape index (κ1) is 29.9. The zero-order valence-electron chi connectivity index (χ0n) is 25.0. The van der Waals surface area contributed by atoms with Crippen molar-refractivity contribution in [2.75, 3.05) is 10.6 Å². The van der Waals surface area contributed by atoms with Gasteiger partial charge in [-0.25, -0.2) is 9.59 Å². The average Bonchev–Trinajstić information content (AvgIpc) is 3.32. The number of carbonyl (C=O) groups excluding carboxylic acids is 4. The molecule has 7 rings (SSSR count). The van der Waals surface area contributed by atoms with Crippen LogP contribution in [-0.4, -0.2) is 34.3 Å². The third kappa shape index (κ3) is 5.48. The molecule has 10 heteroatoms. The lowest BCUT2D eigenvalue weighted by Gasteiger charge is -2.19. The molecule has 6 aromatic carbocycles. The summed E-state index contributed by atoms with van der Waals surface area (Å²) in [7, 11) is 0. The number of rotatable bonds is 6. The standard InChI is InChI=1S/C38H25N3O7/c42-35-33-31(27-19-9-11-21-29(27)47-37(44)39-23-13-3-1-4-14-23)25-17-7-8-18-26(25)32(34(33)36(43)41(35)46)28-20-10-12-22-30(28)48-38(45)40-24-15-5-2-6-16-24/h1-22,46H,(H,39,44)(H,40,45). The normalized spacial score (nSPS) is 12.1. The molecule has 0 saturated heterocycles. The summed E-state index contributed by atoms with van der Waals surface area (Å²) in [5.74, 6) is -1.69. The number of carbonyl (C=O) groups is 4. The molecule has 3 N–H and O–H groups in total. The fourth-order valence-electron chi connectivity index (χ4n) is 5.78. The fraction of sp³-hybridized carbons (Fsp3) is 0. The molecule has 48 heavy (non-hydrogen) atoms. The van der Waals surface area contributed by atoms with Crippen LogP contribution in [0.4, 0.5) is 21.0 Å². The third-order valence-electron chi connectivity index (χ3n) is 7.79. The molecule has 0 aliphatic carbocycles. The maximum absolute atomic E-state index is 13.7. The van der Waals surface area contributed by atoms with Crippen LogP contribution in [0.15, 0.2) is 133 Å². The van der Waals surface area contributed by atoms with Gasteiger partial charge in [0.05, 0.1) is 11.1 Å². The minimum Gasteiger partial charge on any atom is -0.409 e. The summed E-state index contributed by atoms with van der Waals surface area (Å²) in [6.45, 7) is 0. The Balaban J connectivity index is 1.39. The number of nitrogens with zero attached hydrogens (tertiary/aromatic N) is 1. The molecular weight excluding hydrogens is 610 g/mol. The highest BCUT2D eigenvalue weighted by Crippen LogP contribution is 2.48. The van der Waals surface area contributed by atoms with Crippen LogP contribution in [0.1, 0.15) is 20.7 Å². The van der Waals surface area contributed by atoms with Crippen LogP contribution in [-0.2, 0) is 0 Å². The molecule has 0 atom stereocenters. The van der Waals surface area contributed by atoms with Crippen molar-refractivity contribution in [2.45, 2.75) is 0 Å². The highest BCUT2D eigenvalue weighted by molar-refractivity contribution is 6.31. The first-order valence-electron chi connectivity index (χ1n) is 14.8. The van der Waals surface area contributed by atoms with Gasteiger partial charge in [0.15, 0.2) is 0 Å². The van der Waals surface area contributed by atoms with Crippen molar-refractivity contribution in [1.29, 1.82) is 0 Å². The summed E-state index contributed by atoms with van der Waals surface area (Å²) in [6, 6.07) is 37.8. The van der Waals surface area contributed by atoms with Gasteiger partial charge in [0.2, 0.25) is 0 Å². The van der Waals surface area contributed by atoms with E-state index in [1.54, 1.807) is 121 Å². The summed E-state index contributed by atoms with van der Waals surface area (Å²) < 4.78 is 11.5. The van der Waals surface area contributed by atoms with Gasteiger partial charge in [0, 0.05) is 33.6 Å². The molecule has 1 heterocycles. The summed E-state index contributed by atoms with van der Waals surface area (Å²) in [6.07, 6.45) is -1.53. The first-order chi connectivity index (χ1) is 23.4. The molecule has 1 aliphatic rings. The Hall–Kier alpha value is -6.78. The molecule has 0 saturated carbocycles. The van der Waals surface area contributed by atoms with Crippen LogP contribution in [0.3, 0.4) is 0 Å². The molecule has 0 spiro atoms. The maximum Gasteiger partial charge on any atom is 0.417 e. The van der Waals surface area contributed by atoms with Crippen molar-refractivity contribution in [3.63, 3.8) is 0 Å². The molecule has 10 nitrogen and oxygen atoms in total. The van der Waals surface area contributed by atoms with Crippen molar-refractivity contribution in [3.8, 4) is 33.8 Å². The lowest BCUT2D eigenvalue weighted by atomic mass is 9.84. The molecular formula is C38H25N3O7. The summed E-state index contributed by atoms with van der Waals surface area (Å²) in [5, 5.41) is 17.2. The number of hydroxylamine groups is 2. The molecule has 0 fully saturated rings. The lowest BCUT2D eigenvalue weighted by molar-refractivity contribution is -0.0326. The van der Waals surface area contributed by atoms with Crippen LogP contribution >= 0.6 is 0 Å². The lowest BCUT2D eigenvalue weighted by Crippen LogP contribution is -2.25. The Kier molecular flexibility index (Phi) is 7.82. The van der Waals surface area contributed by atoms with Gasteiger partial charge < -0.3 is 9.47 Å². The molecule has 1 aliphatic heterocycles. The van der Waals surface area contributed by atoms with Gasteiger partial charge in [0.25, 0.3) is 11.8 Å². The number of nitrogens with one attached hydrogen (secondary N) is 2. The van der Waals surface area contributed by atoms with E-state index in [0.717, 1.165) is 0 Å². The van der Waals surface area contributed by atoms with E-state index in [0.29, 0.717) is 33.3 Å². The van der Waals surface area contributed by atoms with Crippen LogP contribution in [0.5, 0.6) is 11.5 Å². The van der Waals surface area contributed by atoms with E-state index >= 15 is 0 Å². The fourth-order valence-corrected chi connectivity index (χ4v) is 5.78. The summed E-state index contributed by atoms with van der Waals surface area (Å²) in [5.41, 5.74) is 2.07. The van der Waals surface area contributed by atoms with Gasteiger partial charge in [-0.15, -0.1) is 5.06 Å². The van der Waals surface area contributed by atoms with Crippen LogP contribution < -0.4 is 20.1 Å². The zero-order valence-corrected chi connectivity index (χ0v) is 25.0. The van der Waals surface area contributed by atoms with Crippen molar-refractivity contribution in [3.05, 3.63) is 145 Å². The quantitative estimate of drug-likeness (QED) is 0.124. The smallest absolute Gasteiger partial charge is 0.409 e. The SMILES string of the molecule is O=C(Nc1ccccc1)Oc1ccccc1-c1c2c(c(-c3ccccc3OC(=O)Nc3ccccc3)c3ccccc13)C(=O)N(O)C2=O. The van der Waals surface area contributed by atoms with Crippen molar-refractivity contribution < 1.29 is 33.9 Å². The Morgan fingerprint density at radius 1 is 0.479 bits per heavy atom. The highest BCUT2D eigenvalue weighted by Gasteiger charge is 2.42. The number of benzene rings is 6. The van der Waals surface area contributed by atoms with E-state index in [1.807, 2.05) is 12.1 Å². The van der Waals surface area contributed by atoms with Gasteiger partial charge >= 0.3 is 12.2 Å². The van der Waals surface area contributed by atoms with Gasteiger partial charge in [-0.05, 0) is 47.2 Å². The Morgan fingerprint density at radius 2 is 0.833 bits per heavy atom. The number of para-hydroxylation sites is 4. The molecule has 0 radical (unpaired) electrons. The number of amides is 4. The average molecular weight is 636 g/mol. The molecule has 0 aromatic heterocycles. The van der Waals surface area contributed by atoms with E-state index in [-0.39, 0.29) is 38.8 Å². The van der Waals surface area contributed by atoms with Crippen molar-refractivity contribution in [1.82, 2.24) is 5.06 Å². The number of fused-ring (bicyclic) bond motifs is 2. The van der Waals surface area contributed by atoms with E-state index in [2.05, 4.69) is 10.6 Å². The molecule has 0 bridgehead atoms. The summed E-state index contributed by atoms with van der Waals surface area (Å²) in [4.78, 5) is 53.3.